The summed E-state index contributed by atoms with van der Waals surface area (Å²) in [5.41, 5.74) is 0.788. The minimum absolute atomic E-state index is 0.0252. The third kappa shape index (κ3) is 2.90. The molecular formula is C16H20N4O2S. The summed E-state index contributed by atoms with van der Waals surface area (Å²) in [4.78, 5) is 33.8. The topological polar surface area (TPSA) is 57.9 Å². The maximum absolute atomic E-state index is 12.2. The molecule has 0 bridgehead atoms. The largest absolute Gasteiger partial charge is 0.340 e. The Bertz CT molecular complexity index is 791. The van der Waals surface area contributed by atoms with Crippen LogP contribution in [0.25, 0.3) is 4.96 Å². The van der Waals surface area contributed by atoms with Gasteiger partial charge in [0.25, 0.3) is 5.56 Å². The van der Waals surface area contributed by atoms with E-state index < -0.39 is 0 Å². The number of rotatable bonds is 3. The minimum atomic E-state index is -0.0252. The van der Waals surface area contributed by atoms with E-state index in [1.54, 1.807) is 16.7 Å². The summed E-state index contributed by atoms with van der Waals surface area (Å²) in [6.07, 6.45) is 2.80. The number of carbonyl (C=O) groups is 1. The number of amides is 1. The van der Waals surface area contributed by atoms with Gasteiger partial charge in [-0.2, -0.15) is 0 Å². The predicted molar refractivity (Wildman–Crippen MR) is 88.5 cm³/mol. The summed E-state index contributed by atoms with van der Waals surface area (Å²) < 4.78 is 1.57. The molecule has 2 aromatic heterocycles. The summed E-state index contributed by atoms with van der Waals surface area (Å²) in [6.45, 7) is 6.07. The van der Waals surface area contributed by atoms with Crippen LogP contribution in [0.5, 0.6) is 0 Å². The minimum Gasteiger partial charge on any atom is -0.340 e. The van der Waals surface area contributed by atoms with Gasteiger partial charge in [0.15, 0.2) is 4.96 Å². The molecule has 0 N–H and O–H groups in total. The van der Waals surface area contributed by atoms with Crippen molar-refractivity contribution >= 4 is 22.2 Å². The van der Waals surface area contributed by atoms with Gasteiger partial charge >= 0.3 is 0 Å². The standard InChI is InChI=1S/C16H20N4O2S/c1-11-8-13(11)15(22)19-4-2-18(3-5-19)10-12-9-14(21)20-6-7-23-16(20)17-12/h6-7,9,11,13H,2-5,8,10H2,1H3/t11-,13+/m0/s1. The van der Waals surface area contributed by atoms with Gasteiger partial charge in [-0.1, -0.05) is 6.92 Å². The van der Waals surface area contributed by atoms with E-state index in [1.165, 1.54) is 11.3 Å². The predicted octanol–water partition coefficient (Wildman–Crippen LogP) is 1.06. The Hall–Kier alpha value is -1.73. The molecule has 2 aromatic rings. The van der Waals surface area contributed by atoms with Crippen molar-refractivity contribution < 1.29 is 4.79 Å². The van der Waals surface area contributed by atoms with E-state index in [2.05, 4.69) is 16.8 Å². The normalized spacial score (nSPS) is 25.0. The molecule has 2 fully saturated rings. The van der Waals surface area contributed by atoms with Crippen molar-refractivity contribution in [3.05, 3.63) is 33.7 Å². The molecule has 122 valence electrons. The summed E-state index contributed by atoms with van der Waals surface area (Å²) in [7, 11) is 0. The smallest absolute Gasteiger partial charge is 0.258 e. The molecule has 1 saturated heterocycles. The Labute approximate surface area is 138 Å². The van der Waals surface area contributed by atoms with Crippen LogP contribution >= 0.6 is 11.3 Å². The van der Waals surface area contributed by atoms with Gasteiger partial charge in [0, 0.05) is 56.3 Å². The molecule has 2 atom stereocenters. The van der Waals surface area contributed by atoms with Crippen molar-refractivity contribution in [1.29, 1.82) is 0 Å². The molecule has 0 aromatic carbocycles. The van der Waals surface area contributed by atoms with Crippen molar-refractivity contribution in [3.63, 3.8) is 0 Å². The molecular weight excluding hydrogens is 312 g/mol. The Morgan fingerprint density at radius 2 is 2.09 bits per heavy atom. The molecule has 7 heteroatoms. The number of piperazine rings is 1. The Kier molecular flexibility index (Phi) is 3.69. The molecule has 1 aliphatic carbocycles. The van der Waals surface area contributed by atoms with Crippen molar-refractivity contribution in [2.24, 2.45) is 11.8 Å². The molecule has 1 amide bonds. The Morgan fingerprint density at radius 1 is 1.35 bits per heavy atom. The van der Waals surface area contributed by atoms with E-state index >= 15 is 0 Å². The number of hydrogen-bond donors (Lipinski definition) is 0. The highest BCUT2D eigenvalue weighted by atomic mass is 32.1. The number of fused-ring (bicyclic) bond motifs is 1. The summed E-state index contributed by atoms with van der Waals surface area (Å²) in [5, 5.41) is 1.87. The van der Waals surface area contributed by atoms with Crippen LogP contribution in [0.1, 0.15) is 19.0 Å². The van der Waals surface area contributed by atoms with E-state index in [-0.39, 0.29) is 11.5 Å². The fraction of sp³-hybridized carbons (Fsp3) is 0.562. The molecule has 0 radical (unpaired) electrons. The van der Waals surface area contributed by atoms with E-state index in [0.29, 0.717) is 18.4 Å². The van der Waals surface area contributed by atoms with Gasteiger partial charge in [-0.05, 0) is 12.3 Å². The van der Waals surface area contributed by atoms with Crippen molar-refractivity contribution in [1.82, 2.24) is 19.2 Å². The van der Waals surface area contributed by atoms with Crippen LogP contribution in [0.4, 0.5) is 0 Å². The average molecular weight is 332 g/mol. The average Bonchev–Trinajstić information content (AvgIpc) is 3.07. The molecule has 1 aliphatic heterocycles. The molecule has 3 heterocycles. The molecule has 2 aliphatic rings. The first kappa shape index (κ1) is 14.8. The molecule has 23 heavy (non-hydrogen) atoms. The first-order valence-electron chi connectivity index (χ1n) is 8.09. The van der Waals surface area contributed by atoms with Gasteiger partial charge in [-0.15, -0.1) is 11.3 Å². The number of thiazole rings is 1. The van der Waals surface area contributed by atoms with Crippen LogP contribution in [0.2, 0.25) is 0 Å². The summed E-state index contributed by atoms with van der Waals surface area (Å²) in [5.74, 6) is 1.16. The first-order valence-corrected chi connectivity index (χ1v) is 8.97. The van der Waals surface area contributed by atoms with Gasteiger partial charge in [-0.3, -0.25) is 18.9 Å². The van der Waals surface area contributed by atoms with E-state index in [9.17, 15) is 9.59 Å². The second kappa shape index (κ2) is 5.72. The fourth-order valence-electron chi connectivity index (χ4n) is 3.22. The van der Waals surface area contributed by atoms with Crippen LogP contribution in [0, 0.1) is 11.8 Å². The fourth-order valence-corrected chi connectivity index (χ4v) is 3.96. The molecule has 6 nitrogen and oxygen atoms in total. The second-order valence-corrected chi connectivity index (χ2v) is 7.44. The van der Waals surface area contributed by atoms with Gasteiger partial charge < -0.3 is 4.90 Å². The van der Waals surface area contributed by atoms with Crippen LogP contribution in [0.3, 0.4) is 0 Å². The molecule has 0 unspecified atom stereocenters. The van der Waals surface area contributed by atoms with Crippen molar-refractivity contribution in [2.75, 3.05) is 26.2 Å². The number of aromatic nitrogens is 2. The monoisotopic (exact) mass is 332 g/mol. The number of nitrogens with zero attached hydrogens (tertiary/aromatic N) is 4. The molecule has 1 saturated carbocycles. The maximum Gasteiger partial charge on any atom is 0.258 e. The summed E-state index contributed by atoms with van der Waals surface area (Å²) in [6, 6.07) is 1.61. The van der Waals surface area contributed by atoms with Crippen LogP contribution < -0.4 is 5.56 Å². The zero-order chi connectivity index (χ0) is 16.0. The van der Waals surface area contributed by atoms with Gasteiger partial charge in [-0.25, -0.2) is 4.98 Å². The maximum atomic E-state index is 12.2. The lowest BCUT2D eigenvalue weighted by atomic mass is 10.2. The van der Waals surface area contributed by atoms with E-state index in [0.717, 1.165) is 43.3 Å². The van der Waals surface area contributed by atoms with E-state index in [1.807, 2.05) is 10.3 Å². The van der Waals surface area contributed by atoms with Crippen molar-refractivity contribution in [3.8, 4) is 0 Å². The second-order valence-electron chi connectivity index (χ2n) is 6.56. The number of carbonyl (C=O) groups excluding carboxylic acids is 1. The van der Waals surface area contributed by atoms with Crippen LogP contribution in [0.15, 0.2) is 22.4 Å². The van der Waals surface area contributed by atoms with Crippen LogP contribution in [-0.4, -0.2) is 51.3 Å². The Morgan fingerprint density at radius 3 is 2.78 bits per heavy atom. The summed E-state index contributed by atoms with van der Waals surface area (Å²) >= 11 is 1.47. The highest BCUT2D eigenvalue weighted by Gasteiger charge is 2.41. The third-order valence-electron chi connectivity index (χ3n) is 4.85. The third-order valence-corrected chi connectivity index (χ3v) is 5.61. The van der Waals surface area contributed by atoms with Gasteiger partial charge in [0.2, 0.25) is 5.91 Å². The van der Waals surface area contributed by atoms with Crippen LogP contribution in [-0.2, 0) is 11.3 Å². The lowest BCUT2D eigenvalue weighted by molar-refractivity contribution is -0.134. The molecule has 4 rings (SSSR count). The zero-order valence-corrected chi connectivity index (χ0v) is 14.0. The number of hydrogen-bond acceptors (Lipinski definition) is 5. The van der Waals surface area contributed by atoms with Gasteiger partial charge in [0.05, 0.1) is 5.69 Å². The quantitative estimate of drug-likeness (QED) is 0.843. The molecule has 0 spiro atoms. The van der Waals surface area contributed by atoms with Crippen molar-refractivity contribution in [2.45, 2.75) is 19.9 Å². The highest BCUT2D eigenvalue weighted by molar-refractivity contribution is 7.15. The highest BCUT2D eigenvalue weighted by Crippen LogP contribution is 2.39. The lowest BCUT2D eigenvalue weighted by Crippen LogP contribution is -2.49. The first-order chi connectivity index (χ1) is 11.1. The lowest BCUT2D eigenvalue weighted by Gasteiger charge is -2.34. The SMILES string of the molecule is C[C@H]1C[C@H]1C(=O)N1CCN(Cc2cc(=O)n3ccsc3n2)CC1. The van der Waals surface area contributed by atoms with Gasteiger partial charge in [0.1, 0.15) is 0 Å². The Balaban J connectivity index is 1.38. The zero-order valence-electron chi connectivity index (χ0n) is 13.1. The van der Waals surface area contributed by atoms with E-state index in [4.69, 9.17) is 0 Å².